The number of nitriles is 1. The lowest BCUT2D eigenvalue weighted by Gasteiger charge is -2.10. The van der Waals surface area contributed by atoms with Crippen LogP contribution in [0.4, 0.5) is 0 Å². The van der Waals surface area contributed by atoms with Gasteiger partial charge in [0.15, 0.2) is 0 Å². The molecule has 1 heterocycles. The number of benzene rings is 1. The van der Waals surface area contributed by atoms with E-state index in [-0.39, 0.29) is 6.61 Å². The lowest BCUT2D eigenvalue weighted by Crippen LogP contribution is -2.07. The van der Waals surface area contributed by atoms with Crippen molar-refractivity contribution in [3.63, 3.8) is 0 Å². The average molecular weight is 324 g/mol. The zero-order chi connectivity index (χ0) is 15.4. The summed E-state index contributed by atoms with van der Waals surface area (Å²) in [6, 6.07) is 7.00. The van der Waals surface area contributed by atoms with Crippen molar-refractivity contribution < 1.29 is 4.74 Å². The molecule has 0 N–H and O–H groups in total. The highest BCUT2D eigenvalue weighted by molar-refractivity contribution is 6.32. The van der Waals surface area contributed by atoms with E-state index in [1.165, 1.54) is 0 Å². The molecule has 0 aliphatic heterocycles. The summed E-state index contributed by atoms with van der Waals surface area (Å²) >= 11 is 12.3. The Morgan fingerprint density at radius 3 is 2.71 bits per heavy atom. The third-order valence-electron chi connectivity index (χ3n) is 3.12. The molecular weight excluding hydrogens is 309 g/mol. The van der Waals surface area contributed by atoms with Gasteiger partial charge in [0.2, 0.25) is 0 Å². The fourth-order valence-electron chi connectivity index (χ4n) is 2.01. The van der Waals surface area contributed by atoms with E-state index in [0.29, 0.717) is 27.9 Å². The lowest BCUT2D eigenvalue weighted by molar-refractivity contribution is 0.292. The maximum Gasteiger partial charge on any atom is 0.139 e. The van der Waals surface area contributed by atoms with E-state index >= 15 is 0 Å². The van der Waals surface area contributed by atoms with E-state index in [4.69, 9.17) is 33.2 Å². The standard InChI is InChI=1S/C15H15Cl2N3O/c1-3-12-15(17)13(20(4-2)19-12)9-21-14-7-11(16)6-5-10(14)8-18/h5-7H,3-4,9H2,1-2H3. The number of hydrogen-bond acceptors (Lipinski definition) is 3. The molecule has 0 atom stereocenters. The van der Waals surface area contributed by atoms with E-state index in [0.717, 1.165) is 17.8 Å². The molecule has 2 aromatic rings. The summed E-state index contributed by atoms with van der Waals surface area (Å²) in [6.45, 7) is 4.95. The lowest BCUT2D eigenvalue weighted by atomic mass is 10.2. The Balaban J connectivity index is 2.26. The first-order valence-corrected chi connectivity index (χ1v) is 7.42. The molecule has 2 rings (SSSR count). The van der Waals surface area contributed by atoms with E-state index < -0.39 is 0 Å². The molecule has 1 aromatic heterocycles. The van der Waals surface area contributed by atoms with Crippen LogP contribution in [0, 0.1) is 11.3 Å². The van der Waals surface area contributed by atoms with Crippen molar-refractivity contribution in [3.05, 3.63) is 45.2 Å². The highest BCUT2D eigenvalue weighted by Gasteiger charge is 2.15. The van der Waals surface area contributed by atoms with Gasteiger partial charge in [-0.25, -0.2) is 0 Å². The zero-order valence-corrected chi connectivity index (χ0v) is 13.4. The van der Waals surface area contributed by atoms with Crippen LogP contribution in [0.5, 0.6) is 5.75 Å². The van der Waals surface area contributed by atoms with Gasteiger partial charge < -0.3 is 4.74 Å². The molecule has 0 aliphatic carbocycles. The van der Waals surface area contributed by atoms with Gasteiger partial charge in [-0.15, -0.1) is 0 Å². The normalized spacial score (nSPS) is 10.4. The quantitative estimate of drug-likeness (QED) is 0.827. The van der Waals surface area contributed by atoms with Crippen molar-refractivity contribution in [1.29, 1.82) is 5.26 Å². The van der Waals surface area contributed by atoms with Crippen LogP contribution in [0.1, 0.15) is 30.8 Å². The first-order valence-electron chi connectivity index (χ1n) is 6.67. The molecule has 0 amide bonds. The fraction of sp³-hybridized carbons (Fsp3) is 0.333. The van der Waals surface area contributed by atoms with Crippen LogP contribution in [0.15, 0.2) is 18.2 Å². The molecule has 21 heavy (non-hydrogen) atoms. The molecule has 0 aliphatic rings. The van der Waals surface area contributed by atoms with E-state index in [1.54, 1.807) is 18.2 Å². The Hall–Kier alpha value is -1.70. The Morgan fingerprint density at radius 2 is 2.10 bits per heavy atom. The monoisotopic (exact) mass is 323 g/mol. The largest absolute Gasteiger partial charge is 0.486 e. The minimum absolute atomic E-state index is 0.245. The summed E-state index contributed by atoms with van der Waals surface area (Å²) in [7, 11) is 0. The van der Waals surface area contributed by atoms with E-state index in [1.807, 2.05) is 18.5 Å². The molecule has 0 fully saturated rings. The number of aryl methyl sites for hydroxylation is 2. The van der Waals surface area contributed by atoms with Gasteiger partial charge >= 0.3 is 0 Å². The first kappa shape index (κ1) is 15.7. The fourth-order valence-corrected chi connectivity index (χ4v) is 2.49. The summed E-state index contributed by atoms with van der Waals surface area (Å²) in [5, 5.41) is 14.7. The molecule has 0 unspecified atom stereocenters. The Bertz CT molecular complexity index is 689. The van der Waals surface area contributed by atoms with Crippen molar-refractivity contribution in [3.8, 4) is 11.8 Å². The van der Waals surface area contributed by atoms with Gasteiger partial charge in [0.25, 0.3) is 0 Å². The Kier molecular flexibility index (Phi) is 5.11. The van der Waals surface area contributed by atoms with E-state index in [9.17, 15) is 0 Å². The highest BCUT2D eigenvalue weighted by atomic mass is 35.5. The number of rotatable bonds is 5. The maximum atomic E-state index is 9.09. The maximum absolute atomic E-state index is 9.09. The number of hydrogen-bond donors (Lipinski definition) is 0. The van der Waals surface area contributed by atoms with Crippen LogP contribution in [0.2, 0.25) is 10.0 Å². The molecule has 0 spiro atoms. The number of aromatic nitrogens is 2. The average Bonchev–Trinajstić information content (AvgIpc) is 2.80. The van der Waals surface area contributed by atoms with Gasteiger partial charge in [-0.1, -0.05) is 30.1 Å². The van der Waals surface area contributed by atoms with Gasteiger partial charge in [0.1, 0.15) is 18.4 Å². The summed E-state index contributed by atoms with van der Waals surface area (Å²) in [6.07, 6.45) is 0.763. The summed E-state index contributed by atoms with van der Waals surface area (Å²) in [5.74, 6) is 0.447. The highest BCUT2D eigenvalue weighted by Crippen LogP contribution is 2.26. The Labute approximate surface area is 133 Å². The number of ether oxygens (including phenoxy) is 1. The molecule has 1 aromatic carbocycles. The molecular formula is C15H15Cl2N3O. The van der Waals surface area contributed by atoms with Gasteiger partial charge in [-0.2, -0.15) is 10.4 Å². The van der Waals surface area contributed by atoms with E-state index in [2.05, 4.69) is 11.2 Å². The summed E-state index contributed by atoms with van der Waals surface area (Å²) < 4.78 is 7.54. The van der Waals surface area contributed by atoms with Crippen LogP contribution in [0.25, 0.3) is 0 Å². The van der Waals surface area contributed by atoms with Crippen LogP contribution < -0.4 is 4.74 Å². The van der Waals surface area contributed by atoms with Gasteiger partial charge in [-0.05, 0) is 25.5 Å². The number of halogens is 2. The third kappa shape index (κ3) is 3.31. The smallest absolute Gasteiger partial charge is 0.139 e. The second kappa shape index (κ2) is 6.84. The minimum atomic E-state index is 0.245. The molecule has 0 bridgehead atoms. The van der Waals surface area contributed by atoms with Gasteiger partial charge in [0, 0.05) is 17.6 Å². The predicted molar refractivity (Wildman–Crippen MR) is 82.8 cm³/mol. The number of nitrogens with zero attached hydrogens (tertiary/aromatic N) is 3. The molecule has 110 valence electrons. The van der Waals surface area contributed by atoms with Crippen LogP contribution in [0.3, 0.4) is 0 Å². The van der Waals surface area contributed by atoms with Crippen LogP contribution >= 0.6 is 23.2 Å². The minimum Gasteiger partial charge on any atom is -0.486 e. The van der Waals surface area contributed by atoms with Gasteiger partial charge in [0.05, 0.1) is 22.0 Å². The van der Waals surface area contributed by atoms with Crippen LogP contribution in [-0.2, 0) is 19.6 Å². The van der Waals surface area contributed by atoms with Crippen molar-refractivity contribution in [2.75, 3.05) is 0 Å². The molecule has 0 radical (unpaired) electrons. The second-order valence-electron chi connectivity index (χ2n) is 4.42. The van der Waals surface area contributed by atoms with Gasteiger partial charge in [-0.3, -0.25) is 4.68 Å². The SMILES string of the molecule is CCc1nn(CC)c(COc2cc(Cl)ccc2C#N)c1Cl. The molecule has 0 saturated carbocycles. The Morgan fingerprint density at radius 1 is 1.33 bits per heavy atom. The molecule has 0 saturated heterocycles. The molecule has 6 heteroatoms. The summed E-state index contributed by atoms with van der Waals surface area (Å²) in [4.78, 5) is 0. The van der Waals surface area contributed by atoms with Crippen molar-refractivity contribution >= 4 is 23.2 Å². The van der Waals surface area contributed by atoms with Crippen molar-refractivity contribution in [2.24, 2.45) is 0 Å². The summed E-state index contributed by atoms with van der Waals surface area (Å²) in [5.41, 5.74) is 2.09. The second-order valence-corrected chi connectivity index (χ2v) is 5.23. The zero-order valence-electron chi connectivity index (χ0n) is 11.9. The van der Waals surface area contributed by atoms with Crippen molar-refractivity contribution in [2.45, 2.75) is 33.4 Å². The topological polar surface area (TPSA) is 50.8 Å². The van der Waals surface area contributed by atoms with Crippen LogP contribution in [-0.4, -0.2) is 9.78 Å². The van der Waals surface area contributed by atoms with Crippen molar-refractivity contribution in [1.82, 2.24) is 9.78 Å². The predicted octanol–water partition coefficient (Wildman–Crippen LogP) is 4.22. The molecule has 4 nitrogen and oxygen atoms in total. The first-order chi connectivity index (χ1) is 10.1. The third-order valence-corrected chi connectivity index (χ3v) is 3.79.